The van der Waals surface area contributed by atoms with Gasteiger partial charge in [-0.2, -0.15) is 0 Å². The average molecular weight is 387 g/mol. The number of aryl methyl sites for hydroxylation is 1. The lowest BCUT2D eigenvalue weighted by Gasteiger charge is -2.19. The summed E-state index contributed by atoms with van der Waals surface area (Å²) >= 11 is 0. The first-order valence-electron chi connectivity index (χ1n) is 9.05. The molecule has 0 atom stereocenters. The van der Waals surface area contributed by atoms with Crippen LogP contribution in [-0.4, -0.2) is 37.8 Å². The number of halogens is 1. The molecular formula is C22H18FN5O. The molecule has 0 aliphatic rings. The zero-order valence-electron chi connectivity index (χ0n) is 16.0. The fourth-order valence-corrected chi connectivity index (χ4v) is 3.16. The van der Waals surface area contributed by atoms with Crippen molar-refractivity contribution >= 4 is 16.8 Å². The van der Waals surface area contributed by atoms with Crippen molar-refractivity contribution in [2.45, 2.75) is 13.5 Å². The van der Waals surface area contributed by atoms with Gasteiger partial charge in [0.1, 0.15) is 12.1 Å². The second-order valence-electron chi connectivity index (χ2n) is 6.78. The maximum absolute atomic E-state index is 13.9. The van der Waals surface area contributed by atoms with Gasteiger partial charge in [0.05, 0.1) is 29.0 Å². The third-order valence-electron chi connectivity index (χ3n) is 4.55. The molecule has 0 saturated carbocycles. The average Bonchev–Trinajstić information content (AvgIpc) is 2.73. The summed E-state index contributed by atoms with van der Waals surface area (Å²) in [6.07, 6.45) is 4.67. The van der Waals surface area contributed by atoms with E-state index in [1.807, 2.05) is 25.1 Å². The summed E-state index contributed by atoms with van der Waals surface area (Å²) in [7, 11) is 1.70. The number of hydrogen-bond acceptors (Lipinski definition) is 5. The Balaban J connectivity index is 1.78. The Morgan fingerprint density at radius 2 is 1.86 bits per heavy atom. The molecule has 0 spiro atoms. The Hall–Kier alpha value is -3.74. The van der Waals surface area contributed by atoms with Gasteiger partial charge >= 0.3 is 0 Å². The molecule has 7 heteroatoms. The van der Waals surface area contributed by atoms with Crippen molar-refractivity contribution in [3.8, 4) is 11.3 Å². The normalized spacial score (nSPS) is 10.9. The molecule has 3 heterocycles. The summed E-state index contributed by atoms with van der Waals surface area (Å²) in [5.74, 6) is -0.670. The van der Waals surface area contributed by atoms with E-state index in [0.717, 1.165) is 11.4 Å². The molecule has 6 nitrogen and oxygen atoms in total. The Morgan fingerprint density at radius 1 is 1.07 bits per heavy atom. The number of amides is 1. The second kappa shape index (κ2) is 7.71. The van der Waals surface area contributed by atoms with Gasteiger partial charge in [-0.1, -0.05) is 6.07 Å². The number of carbonyl (C=O) groups excluding carboxylic acids is 1. The molecule has 1 aromatic carbocycles. The lowest BCUT2D eigenvalue weighted by atomic mass is 10.0. The molecule has 0 radical (unpaired) electrons. The first-order chi connectivity index (χ1) is 14.0. The van der Waals surface area contributed by atoms with E-state index in [1.165, 1.54) is 18.5 Å². The van der Waals surface area contributed by atoms with E-state index in [9.17, 15) is 9.18 Å². The highest BCUT2D eigenvalue weighted by molar-refractivity contribution is 6.07. The van der Waals surface area contributed by atoms with Gasteiger partial charge in [-0.15, -0.1) is 0 Å². The first kappa shape index (κ1) is 18.6. The van der Waals surface area contributed by atoms with Gasteiger partial charge in [0.15, 0.2) is 0 Å². The van der Waals surface area contributed by atoms with Crippen molar-refractivity contribution in [1.29, 1.82) is 0 Å². The molecule has 0 fully saturated rings. The Labute approximate surface area is 167 Å². The number of carbonyl (C=O) groups is 1. The zero-order valence-corrected chi connectivity index (χ0v) is 16.0. The molecule has 0 N–H and O–H groups in total. The Kier molecular flexibility index (Phi) is 4.95. The van der Waals surface area contributed by atoms with Crippen molar-refractivity contribution in [1.82, 2.24) is 24.8 Å². The quantitative estimate of drug-likeness (QED) is 0.533. The molecule has 1 amide bonds. The summed E-state index contributed by atoms with van der Waals surface area (Å²) in [5.41, 5.74) is 3.78. The third-order valence-corrected chi connectivity index (χ3v) is 4.55. The number of rotatable bonds is 4. The minimum Gasteiger partial charge on any atom is -0.336 e. The predicted octanol–water partition coefficient (Wildman–Crippen LogP) is 3.81. The number of pyridine rings is 2. The second-order valence-corrected chi connectivity index (χ2v) is 6.78. The fourth-order valence-electron chi connectivity index (χ4n) is 3.16. The van der Waals surface area contributed by atoms with Crippen LogP contribution in [0.3, 0.4) is 0 Å². The van der Waals surface area contributed by atoms with Crippen LogP contribution in [0.2, 0.25) is 0 Å². The molecule has 3 aromatic heterocycles. The van der Waals surface area contributed by atoms with Crippen LogP contribution in [0.4, 0.5) is 4.39 Å². The highest BCUT2D eigenvalue weighted by Crippen LogP contribution is 2.26. The number of benzene rings is 1. The summed E-state index contributed by atoms with van der Waals surface area (Å²) in [4.78, 5) is 31.9. The molecule has 144 valence electrons. The lowest BCUT2D eigenvalue weighted by molar-refractivity contribution is 0.0785. The minimum absolute atomic E-state index is 0.246. The smallest absolute Gasteiger partial charge is 0.254 e. The van der Waals surface area contributed by atoms with Crippen LogP contribution in [0.1, 0.15) is 21.7 Å². The largest absolute Gasteiger partial charge is 0.336 e. The van der Waals surface area contributed by atoms with E-state index in [4.69, 9.17) is 0 Å². The summed E-state index contributed by atoms with van der Waals surface area (Å²) < 4.78 is 13.9. The Morgan fingerprint density at radius 3 is 2.62 bits per heavy atom. The van der Waals surface area contributed by atoms with Gasteiger partial charge in [-0.05, 0) is 43.3 Å². The van der Waals surface area contributed by atoms with E-state index >= 15 is 0 Å². The van der Waals surface area contributed by atoms with E-state index in [2.05, 4.69) is 19.9 Å². The van der Waals surface area contributed by atoms with Crippen LogP contribution < -0.4 is 0 Å². The van der Waals surface area contributed by atoms with Crippen LogP contribution in [-0.2, 0) is 6.54 Å². The summed E-state index contributed by atoms with van der Waals surface area (Å²) in [5, 5.41) is 0.458. The van der Waals surface area contributed by atoms with Crippen LogP contribution >= 0.6 is 0 Å². The van der Waals surface area contributed by atoms with Gasteiger partial charge in [-0.3, -0.25) is 9.78 Å². The minimum atomic E-state index is -0.424. The van der Waals surface area contributed by atoms with Crippen molar-refractivity contribution in [3.63, 3.8) is 0 Å². The molecule has 0 aliphatic carbocycles. The van der Waals surface area contributed by atoms with E-state index in [0.29, 0.717) is 34.3 Å². The van der Waals surface area contributed by atoms with E-state index < -0.39 is 5.82 Å². The molecule has 0 saturated heterocycles. The SMILES string of the molecule is Cc1cccc(CN(C)C(=O)c2cc(-c3cncnc3)nc3ccc(F)cc23)n1. The topological polar surface area (TPSA) is 71.9 Å². The van der Waals surface area contributed by atoms with E-state index in [1.54, 1.807) is 36.5 Å². The molecule has 4 rings (SSSR count). The lowest BCUT2D eigenvalue weighted by Crippen LogP contribution is -2.27. The fraction of sp³-hybridized carbons (Fsp3) is 0.136. The van der Waals surface area contributed by atoms with Gasteiger partial charge in [0.2, 0.25) is 0 Å². The predicted molar refractivity (Wildman–Crippen MR) is 107 cm³/mol. The third kappa shape index (κ3) is 3.94. The summed E-state index contributed by atoms with van der Waals surface area (Å²) in [6.45, 7) is 2.24. The zero-order chi connectivity index (χ0) is 20.4. The number of fused-ring (bicyclic) bond motifs is 1. The molecule has 4 aromatic rings. The number of nitrogens with zero attached hydrogens (tertiary/aromatic N) is 5. The number of aromatic nitrogens is 4. The highest BCUT2D eigenvalue weighted by atomic mass is 19.1. The van der Waals surface area contributed by atoms with Crippen molar-refractivity contribution in [2.75, 3.05) is 7.05 Å². The molecule has 29 heavy (non-hydrogen) atoms. The molecule has 0 bridgehead atoms. The highest BCUT2D eigenvalue weighted by Gasteiger charge is 2.19. The van der Waals surface area contributed by atoms with Crippen molar-refractivity contribution in [3.05, 3.63) is 84.0 Å². The van der Waals surface area contributed by atoms with Gasteiger partial charge < -0.3 is 4.90 Å². The molecule has 0 unspecified atom stereocenters. The number of hydrogen-bond donors (Lipinski definition) is 0. The first-order valence-corrected chi connectivity index (χ1v) is 9.05. The monoisotopic (exact) mass is 387 g/mol. The summed E-state index contributed by atoms with van der Waals surface area (Å²) in [6, 6.07) is 11.6. The maximum Gasteiger partial charge on any atom is 0.254 e. The Bertz CT molecular complexity index is 1200. The van der Waals surface area contributed by atoms with Crippen LogP contribution in [0.15, 0.2) is 61.2 Å². The maximum atomic E-state index is 13.9. The van der Waals surface area contributed by atoms with Crippen molar-refractivity contribution < 1.29 is 9.18 Å². The van der Waals surface area contributed by atoms with Gasteiger partial charge in [-0.25, -0.2) is 19.3 Å². The van der Waals surface area contributed by atoms with Crippen LogP contribution in [0.5, 0.6) is 0 Å². The standard InChI is InChI=1S/C22H18FN5O/c1-14-4-3-5-17(26-14)12-28(2)22(29)19-9-21(15-10-24-13-25-11-15)27-20-7-6-16(23)8-18(19)20/h3-11,13H,12H2,1-2H3. The van der Waals surface area contributed by atoms with Gasteiger partial charge in [0, 0.05) is 36.1 Å². The van der Waals surface area contributed by atoms with E-state index in [-0.39, 0.29) is 5.91 Å². The van der Waals surface area contributed by atoms with Gasteiger partial charge in [0.25, 0.3) is 5.91 Å². The van der Waals surface area contributed by atoms with Crippen LogP contribution in [0.25, 0.3) is 22.2 Å². The van der Waals surface area contributed by atoms with Crippen molar-refractivity contribution in [2.24, 2.45) is 0 Å². The van der Waals surface area contributed by atoms with Crippen LogP contribution in [0, 0.1) is 12.7 Å². The molecule has 0 aliphatic heterocycles. The molecular weight excluding hydrogens is 369 g/mol.